The van der Waals surface area contributed by atoms with E-state index in [-0.39, 0.29) is 5.56 Å². The first-order valence-electron chi connectivity index (χ1n) is 4.09. The lowest BCUT2D eigenvalue weighted by atomic mass is 10.0. The van der Waals surface area contributed by atoms with Crippen LogP contribution in [-0.4, -0.2) is 11.0 Å². The van der Waals surface area contributed by atoms with Crippen LogP contribution in [0.5, 0.6) is 0 Å². The number of aliphatic hydroxyl groups is 1. The summed E-state index contributed by atoms with van der Waals surface area (Å²) in [4.78, 5) is 0. The lowest BCUT2D eigenvalue weighted by Crippen LogP contribution is -2.38. The Labute approximate surface area is 84.6 Å². The zero-order valence-electron chi connectivity index (χ0n) is 7.84. The van der Waals surface area contributed by atoms with Gasteiger partial charge in [0.1, 0.15) is 0 Å². The van der Waals surface area contributed by atoms with Gasteiger partial charge in [0.15, 0.2) is 0 Å². The van der Waals surface area contributed by atoms with Crippen molar-refractivity contribution in [1.82, 2.24) is 0 Å². The maximum atomic E-state index is 13.2. The predicted octanol–water partition coefficient (Wildman–Crippen LogP) is 2.33. The minimum absolute atomic E-state index is 0.0172. The molecule has 0 aliphatic carbocycles. The van der Waals surface area contributed by atoms with Gasteiger partial charge in [0.25, 0.3) is 5.85 Å². The van der Waals surface area contributed by atoms with Gasteiger partial charge in [-0.05, 0) is 12.1 Å². The molecule has 0 aliphatic rings. The number of rotatable bonds is 2. The number of benzene rings is 1. The van der Waals surface area contributed by atoms with Gasteiger partial charge in [0.05, 0.1) is 11.6 Å². The molecular weight excluding hydrogens is 207 g/mol. The number of nitriles is 1. The van der Waals surface area contributed by atoms with E-state index < -0.39 is 17.3 Å². The van der Waals surface area contributed by atoms with Crippen LogP contribution in [0, 0.1) is 11.3 Å². The van der Waals surface area contributed by atoms with Crippen LogP contribution >= 0.6 is 0 Å². The Bertz CT molecular complexity index is 404. The van der Waals surface area contributed by atoms with Crippen molar-refractivity contribution < 1.29 is 18.3 Å². The number of hydrogen-bond acceptors (Lipinski definition) is 2. The van der Waals surface area contributed by atoms with Crippen molar-refractivity contribution in [2.75, 3.05) is 0 Å². The normalized spacial score (nSPS) is 15.5. The molecule has 0 aliphatic heterocycles. The van der Waals surface area contributed by atoms with E-state index in [1.807, 2.05) is 0 Å². The summed E-state index contributed by atoms with van der Waals surface area (Å²) in [5.74, 6) is -7.69. The van der Waals surface area contributed by atoms with Crippen LogP contribution < -0.4 is 0 Å². The SMILES string of the molecule is CC(O)(F)C(F)(F)c1cccc(C#N)c1. The summed E-state index contributed by atoms with van der Waals surface area (Å²) in [5, 5.41) is 17.1. The van der Waals surface area contributed by atoms with E-state index in [0.29, 0.717) is 6.92 Å². The quantitative estimate of drug-likeness (QED) is 0.822. The molecule has 0 spiro atoms. The Morgan fingerprint density at radius 2 is 1.93 bits per heavy atom. The standard InChI is InChI=1S/C10H8F3NO/c1-9(11,15)10(12,13)8-4-2-3-7(5-8)6-14/h2-5,15H,1H3. The third-order valence-electron chi connectivity index (χ3n) is 1.93. The molecule has 1 N–H and O–H groups in total. The molecule has 80 valence electrons. The van der Waals surface area contributed by atoms with Crippen molar-refractivity contribution >= 4 is 0 Å². The third-order valence-corrected chi connectivity index (χ3v) is 1.93. The molecule has 5 heteroatoms. The Morgan fingerprint density at radius 1 is 1.33 bits per heavy atom. The first kappa shape index (κ1) is 11.5. The predicted molar refractivity (Wildman–Crippen MR) is 46.8 cm³/mol. The highest BCUT2D eigenvalue weighted by molar-refractivity contribution is 5.35. The van der Waals surface area contributed by atoms with Crippen LogP contribution in [0.1, 0.15) is 18.1 Å². The highest BCUT2D eigenvalue weighted by Gasteiger charge is 2.51. The highest BCUT2D eigenvalue weighted by Crippen LogP contribution is 2.39. The molecule has 15 heavy (non-hydrogen) atoms. The molecule has 0 fully saturated rings. The van der Waals surface area contributed by atoms with Gasteiger partial charge in [0, 0.05) is 12.5 Å². The first-order valence-corrected chi connectivity index (χ1v) is 4.09. The van der Waals surface area contributed by atoms with Crippen molar-refractivity contribution in [2.24, 2.45) is 0 Å². The smallest absolute Gasteiger partial charge is 0.330 e. The molecule has 0 amide bonds. The number of nitrogens with zero attached hydrogens (tertiary/aromatic N) is 1. The van der Waals surface area contributed by atoms with Crippen molar-refractivity contribution in [1.29, 1.82) is 5.26 Å². The van der Waals surface area contributed by atoms with Gasteiger partial charge >= 0.3 is 5.92 Å². The molecule has 1 atom stereocenters. The van der Waals surface area contributed by atoms with Gasteiger partial charge in [-0.2, -0.15) is 14.0 Å². The Morgan fingerprint density at radius 3 is 2.40 bits per heavy atom. The molecule has 0 saturated heterocycles. The number of hydrogen-bond donors (Lipinski definition) is 1. The van der Waals surface area contributed by atoms with Gasteiger partial charge in [-0.3, -0.25) is 0 Å². The van der Waals surface area contributed by atoms with Gasteiger partial charge in [-0.25, -0.2) is 4.39 Å². The van der Waals surface area contributed by atoms with Crippen LogP contribution in [0.25, 0.3) is 0 Å². The third kappa shape index (κ3) is 2.10. The van der Waals surface area contributed by atoms with Crippen LogP contribution in [0.4, 0.5) is 13.2 Å². The average molecular weight is 215 g/mol. The maximum Gasteiger partial charge on any atom is 0.330 e. The minimum Gasteiger partial charge on any atom is -0.357 e. The largest absolute Gasteiger partial charge is 0.357 e. The van der Waals surface area contributed by atoms with Gasteiger partial charge < -0.3 is 5.11 Å². The van der Waals surface area contributed by atoms with E-state index in [4.69, 9.17) is 10.4 Å². The molecule has 1 rings (SSSR count). The topological polar surface area (TPSA) is 44.0 Å². The molecule has 0 radical (unpaired) electrons. The second kappa shape index (κ2) is 3.55. The summed E-state index contributed by atoms with van der Waals surface area (Å²) in [7, 11) is 0. The fourth-order valence-electron chi connectivity index (χ4n) is 1.05. The molecule has 0 bridgehead atoms. The van der Waals surface area contributed by atoms with Crippen LogP contribution in [-0.2, 0) is 5.92 Å². The van der Waals surface area contributed by atoms with Crippen LogP contribution in [0.2, 0.25) is 0 Å². The van der Waals surface area contributed by atoms with Gasteiger partial charge in [0.2, 0.25) is 0 Å². The maximum absolute atomic E-state index is 13.2. The summed E-state index contributed by atoms with van der Waals surface area (Å²) in [6, 6.07) is 5.96. The second-order valence-corrected chi connectivity index (χ2v) is 3.22. The van der Waals surface area contributed by atoms with Gasteiger partial charge in [-0.1, -0.05) is 12.1 Å². The van der Waals surface area contributed by atoms with Crippen molar-refractivity contribution in [3.63, 3.8) is 0 Å². The Hall–Kier alpha value is -1.54. The zero-order valence-corrected chi connectivity index (χ0v) is 7.84. The van der Waals surface area contributed by atoms with Gasteiger partial charge in [-0.15, -0.1) is 0 Å². The number of alkyl halides is 3. The molecule has 2 nitrogen and oxygen atoms in total. The van der Waals surface area contributed by atoms with E-state index in [2.05, 4.69) is 0 Å². The molecular formula is C10H8F3NO. The molecule has 0 heterocycles. The molecule has 1 aromatic rings. The summed E-state index contributed by atoms with van der Waals surface area (Å²) in [6.07, 6.45) is 0. The summed E-state index contributed by atoms with van der Waals surface area (Å²) in [5.41, 5.74) is -0.745. The zero-order chi connectivity index (χ0) is 11.7. The van der Waals surface area contributed by atoms with E-state index in [1.165, 1.54) is 12.1 Å². The number of halogens is 3. The Balaban J connectivity index is 3.23. The van der Waals surface area contributed by atoms with E-state index in [9.17, 15) is 13.2 Å². The van der Waals surface area contributed by atoms with E-state index >= 15 is 0 Å². The van der Waals surface area contributed by atoms with Crippen molar-refractivity contribution in [2.45, 2.75) is 18.7 Å². The van der Waals surface area contributed by atoms with Crippen LogP contribution in [0.15, 0.2) is 24.3 Å². The lowest BCUT2D eigenvalue weighted by Gasteiger charge is -2.25. The fraction of sp³-hybridized carbons (Fsp3) is 0.300. The second-order valence-electron chi connectivity index (χ2n) is 3.22. The minimum atomic E-state index is -4.04. The summed E-state index contributed by atoms with van der Waals surface area (Å²) < 4.78 is 39.3. The lowest BCUT2D eigenvalue weighted by molar-refractivity contribution is -0.248. The highest BCUT2D eigenvalue weighted by atomic mass is 19.3. The van der Waals surface area contributed by atoms with Crippen molar-refractivity contribution in [3.8, 4) is 6.07 Å². The monoisotopic (exact) mass is 215 g/mol. The van der Waals surface area contributed by atoms with Crippen LogP contribution in [0.3, 0.4) is 0 Å². The average Bonchev–Trinajstić information content (AvgIpc) is 2.16. The summed E-state index contributed by atoms with van der Waals surface area (Å²) >= 11 is 0. The Kier molecular flexibility index (Phi) is 2.73. The molecule has 1 aromatic carbocycles. The van der Waals surface area contributed by atoms with E-state index in [0.717, 1.165) is 12.1 Å². The molecule has 0 saturated carbocycles. The summed E-state index contributed by atoms with van der Waals surface area (Å²) in [6.45, 7) is 0.367. The fourth-order valence-corrected chi connectivity index (χ4v) is 1.05. The molecule has 1 unspecified atom stereocenters. The molecule has 0 aromatic heterocycles. The first-order chi connectivity index (χ1) is 6.79. The van der Waals surface area contributed by atoms with E-state index in [1.54, 1.807) is 6.07 Å². The van der Waals surface area contributed by atoms with Crippen molar-refractivity contribution in [3.05, 3.63) is 35.4 Å².